The summed E-state index contributed by atoms with van der Waals surface area (Å²) in [5.41, 5.74) is -28.1. The summed E-state index contributed by atoms with van der Waals surface area (Å²) in [7, 11) is 0. The molecule has 53 nitrogen and oxygen atoms in total. The fourth-order valence-electron chi connectivity index (χ4n) is 14.9. The van der Waals surface area contributed by atoms with Gasteiger partial charge in [-0.3, -0.25) is 0 Å². The highest BCUT2D eigenvalue weighted by Crippen LogP contribution is 2.63. The van der Waals surface area contributed by atoms with Crippen LogP contribution >= 0.6 is 0 Å². The molecule has 0 radical (unpaired) electrons. The number of carbonyl (C=O) groups excluding carboxylic acids is 9. The lowest BCUT2D eigenvalue weighted by Crippen LogP contribution is -2.56. The summed E-state index contributed by atoms with van der Waals surface area (Å²) in [6.45, 7) is -4.18. The molecule has 135 heavy (non-hydrogen) atoms. The second kappa shape index (κ2) is 33.2. The van der Waals surface area contributed by atoms with Crippen LogP contribution in [0.5, 0.6) is 178 Å². The lowest BCUT2D eigenvalue weighted by Gasteiger charge is -2.43. The summed E-state index contributed by atoms with van der Waals surface area (Å²) in [5, 5.41) is 361. The Labute approximate surface area is 739 Å². The van der Waals surface area contributed by atoms with E-state index in [0.29, 0.717) is 0 Å². The predicted molar refractivity (Wildman–Crippen MR) is 417 cm³/mol. The van der Waals surface area contributed by atoms with Crippen LogP contribution in [0.4, 0.5) is 0 Å². The van der Waals surface area contributed by atoms with Crippen molar-refractivity contribution in [3.8, 4) is 212 Å². The average Bonchev–Trinajstić information content (AvgIpc) is 0.765. The first kappa shape index (κ1) is 91.5. The lowest BCUT2D eigenvalue weighted by atomic mass is 9.73. The van der Waals surface area contributed by atoms with Gasteiger partial charge in [0.15, 0.2) is 163 Å². The number of aromatic hydroxyl groups is 29. The normalized spacial score (nSPS) is 17.8. The molecule has 1 unspecified atom stereocenters. The summed E-state index contributed by atoms with van der Waals surface area (Å²) in [6.07, 6.45) is -27.9. The van der Waals surface area contributed by atoms with Crippen molar-refractivity contribution in [2.24, 2.45) is 0 Å². The van der Waals surface area contributed by atoms with E-state index in [1.54, 1.807) is 0 Å². The van der Waals surface area contributed by atoms with Crippen LogP contribution in [0, 0.1) is 0 Å². The maximum atomic E-state index is 16.3. The number of esters is 9. The molecule has 4 heterocycles. The number of aromatic carboxylic acids is 1. The van der Waals surface area contributed by atoms with Crippen LogP contribution in [0.3, 0.4) is 0 Å². The standard InChI is InChI=1S/C82H56O53/c83-23-1-14(2-24(84)46(23)93)74(117)129-35-13-127-77(120)21-11-33(128-66-22(72(113)114)10-32(92)53(100)64(66)111)54(101)60(107)39(21)38-18(7-29(89)50(97)57(38)104)80(123)132-68(35)71-69-44(43-45(82(125)133-69)42(61(108)63(110)62(43)109)40-19(81(124)135-71)8-30(90)51(98)58(40)105)41-20(9-31(91)52(99)59(41)106)78(121)130-34-12-126-76(119)16-5-27(87)48(95)55(102)36(16)37-17(6-28(88)49(96)56(37)103)79(122)131-67(34)65(112)70(73(115)116)134-75(118)15-3-25(85)47(94)26(86)4-15/h1-11,34-35,44,65,67-71,83-112H,12-13H2,(H,113,114)(H,115,116)/t34-,35-,44+,65+,67-,68-,69+,70-,71?/m1/s1. The van der Waals surface area contributed by atoms with Gasteiger partial charge < -0.3 is 211 Å². The Hall–Kier alpha value is -19.7. The molecular weight excluding hydrogens is 1830 g/mol. The number of phenolic OH excluding ortho intramolecular Hbond substituents is 29. The zero-order chi connectivity index (χ0) is 99.1. The van der Waals surface area contributed by atoms with E-state index in [1.807, 2.05) is 0 Å². The number of cyclic esters (lactones) is 5. The number of benzene rings is 10. The zero-order valence-corrected chi connectivity index (χ0v) is 65.8. The first-order chi connectivity index (χ1) is 63.3. The number of hydrogen-bond acceptors (Lipinski definition) is 51. The van der Waals surface area contributed by atoms with Crippen LogP contribution in [0.2, 0.25) is 0 Å². The molecule has 0 aliphatic carbocycles. The Balaban J connectivity index is 1.03. The van der Waals surface area contributed by atoms with Crippen LogP contribution < -0.4 is 4.74 Å². The van der Waals surface area contributed by atoms with Crippen molar-refractivity contribution in [1.29, 1.82) is 0 Å². The van der Waals surface area contributed by atoms with Crippen LogP contribution in [-0.4, -0.2) is 291 Å². The second-order valence-electron chi connectivity index (χ2n) is 29.1. The molecule has 0 aromatic heterocycles. The average molecular weight is 1890 g/mol. The van der Waals surface area contributed by atoms with Gasteiger partial charge in [0.2, 0.25) is 57.8 Å². The third-order valence-electron chi connectivity index (χ3n) is 21.2. The molecule has 53 heteroatoms. The molecule has 702 valence electrons. The minimum absolute atomic E-state index is 0.0202. The van der Waals surface area contributed by atoms with Crippen LogP contribution in [0.1, 0.15) is 121 Å². The van der Waals surface area contributed by atoms with E-state index in [9.17, 15) is 183 Å². The van der Waals surface area contributed by atoms with E-state index in [1.165, 1.54) is 0 Å². The molecule has 32 N–H and O–H groups in total. The van der Waals surface area contributed by atoms with Crippen molar-refractivity contribution in [1.82, 2.24) is 0 Å². The van der Waals surface area contributed by atoms with E-state index in [0.717, 1.165) is 0 Å². The number of rotatable bonds is 14. The molecule has 4 aliphatic heterocycles. The number of aliphatic hydroxyl groups is 1. The third-order valence-corrected chi connectivity index (χ3v) is 21.2. The Bertz CT molecular complexity index is 6930. The fourth-order valence-corrected chi connectivity index (χ4v) is 14.9. The molecule has 4 aliphatic rings. The van der Waals surface area contributed by atoms with Gasteiger partial charge in [-0.1, -0.05) is 0 Å². The Morgan fingerprint density at radius 3 is 1.11 bits per heavy atom. The van der Waals surface area contributed by atoms with E-state index in [4.69, 9.17) is 47.4 Å². The lowest BCUT2D eigenvalue weighted by molar-refractivity contribution is -0.166. The molecule has 0 saturated heterocycles. The second-order valence-corrected chi connectivity index (χ2v) is 29.1. The minimum Gasteiger partial charge on any atom is -0.504 e. The molecule has 10 aromatic carbocycles. The molecule has 10 aromatic rings. The first-order valence-corrected chi connectivity index (χ1v) is 37.0. The van der Waals surface area contributed by atoms with Crippen LogP contribution in [0.15, 0.2) is 66.7 Å². The number of carboxylic acid groups (broad SMARTS) is 2. The van der Waals surface area contributed by atoms with Crippen LogP contribution in [0.25, 0.3) is 33.4 Å². The number of phenols is 29. The molecule has 2 bridgehead atoms. The first-order valence-electron chi connectivity index (χ1n) is 37.0. The summed E-state index contributed by atoms with van der Waals surface area (Å²) >= 11 is 0. The van der Waals surface area contributed by atoms with Gasteiger partial charge in [0.25, 0.3) is 0 Å². The number of ether oxygens (including phenoxy) is 10. The highest BCUT2D eigenvalue weighted by atomic mass is 16.7. The number of aliphatic hydroxyl groups excluding tert-OH is 1. The monoisotopic (exact) mass is 1890 g/mol. The number of carboxylic acids is 2. The van der Waals surface area contributed by atoms with Crippen molar-refractivity contribution in [2.75, 3.05) is 13.2 Å². The SMILES string of the molecule is O=C(O[C@@H]1COC(=O)c2cc(Oc3c(C(=O)O)cc(O)c(O)c3O)c(O)c(O)c2-c2c(cc(O)c(O)c2O)C(=O)O[C@H]1C1OC(=O)c2cc(O)c(O)c(O)c2-c2c(O)c(O)c(O)c3c2C(=O)O[C@H]1[C@H]3c1c(C(=O)O[C@@H]2COC(=O)c3cc(O)c(O)c(O)c3-c3c(cc(O)c(O)c3O)C(=O)O[C@H]2[C@H](O)[C@@H](OC(=O)c2cc(O)c(O)c(O)c2)C(=O)O)cc(O)c(O)c1O)c1cc(O)c(O)c(O)c1. The number of fused-ring (bicyclic) bond motifs is 10. The molecule has 0 fully saturated rings. The Morgan fingerprint density at radius 2 is 0.652 bits per heavy atom. The smallest absolute Gasteiger partial charge is 0.347 e. The number of hydrogen-bond donors (Lipinski definition) is 32. The summed E-state index contributed by atoms with van der Waals surface area (Å²) in [4.78, 5) is 164. The van der Waals surface area contributed by atoms with Crippen LogP contribution in [-0.2, 0) is 47.4 Å². The van der Waals surface area contributed by atoms with E-state index < -0.39 is 412 Å². The van der Waals surface area contributed by atoms with E-state index >= 15 is 33.6 Å². The van der Waals surface area contributed by atoms with Gasteiger partial charge in [-0.25, -0.2) is 52.7 Å². The molecule has 0 amide bonds. The van der Waals surface area contributed by atoms with Gasteiger partial charge in [0.1, 0.15) is 24.9 Å². The highest BCUT2D eigenvalue weighted by Gasteiger charge is 2.58. The van der Waals surface area contributed by atoms with E-state index in [2.05, 4.69) is 0 Å². The van der Waals surface area contributed by atoms with Crippen molar-refractivity contribution < 1.29 is 264 Å². The molecular formula is C82H56O53. The summed E-state index contributed by atoms with van der Waals surface area (Å²) < 4.78 is 56.3. The van der Waals surface area contributed by atoms with Gasteiger partial charge in [-0.2, -0.15) is 0 Å². The number of carbonyl (C=O) groups is 11. The van der Waals surface area contributed by atoms with Gasteiger partial charge in [-0.15, -0.1) is 0 Å². The largest absolute Gasteiger partial charge is 0.504 e. The fraction of sp³-hybridized carbons (Fsp3) is 0.134. The summed E-state index contributed by atoms with van der Waals surface area (Å²) in [6, 6.07) is 1.72. The number of aliphatic carboxylic acids is 1. The Kier molecular flexibility index (Phi) is 22.5. The quantitative estimate of drug-likeness (QED) is 0.0422. The zero-order valence-electron chi connectivity index (χ0n) is 65.8. The third kappa shape index (κ3) is 15.0. The predicted octanol–water partition coefficient (Wildman–Crippen LogP) is 3.06. The van der Waals surface area contributed by atoms with Crippen molar-refractivity contribution in [3.63, 3.8) is 0 Å². The van der Waals surface area contributed by atoms with Gasteiger partial charge >= 0.3 is 65.7 Å². The molecule has 14 rings (SSSR count). The summed E-state index contributed by atoms with van der Waals surface area (Å²) in [5.74, 6) is -81.6. The van der Waals surface area contributed by atoms with Crippen molar-refractivity contribution in [2.45, 2.75) is 54.7 Å². The molecule has 0 saturated carbocycles. The van der Waals surface area contributed by atoms with Crippen molar-refractivity contribution in [3.05, 3.63) is 133 Å². The Morgan fingerprint density at radius 1 is 0.304 bits per heavy atom. The van der Waals surface area contributed by atoms with Gasteiger partial charge in [0.05, 0.1) is 56.0 Å². The molecule has 9 atom stereocenters. The minimum atomic E-state index is -3.64. The van der Waals surface area contributed by atoms with E-state index in [-0.39, 0.29) is 66.7 Å². The highest BCUT2D eigenvalue weighted by molar-refractivity contribution is 6.13. The van der Waals surface area contributed by atoms with Crippen molar-refractivity contribution >= 4 is 65.7 Å². The maximum absolute atomic E-state index is 16.3. The maximum Gasteiger partial charge on any atom is 0.347 e. The molecule has 0 spiro atoms. The van der Waals surface area contributed by atoms with Gasteiger partial charge in [0, 0.05) is 56.6 Å². The topological polar surface area (TPSA) is 927 Å². The van der Waals surface area contributed by atoms with Gasteiger partial charge in [-0.05, 0) is 54.6 Å².